The molecule has 0 saturated carbocycles. The summed E-state index contributed by atoms with van der Waals surface area (Å²) in [6, 6.07) is 8.32. The van der Waals surface area contributed by atoms with Gasteiger partial charge in [-0.3, -0.25) is 4.90 Å². The minimum absolute atomic E-state index is 0.176. The van der Waals surface area contributed by atoms with Gasteiger partial charge in [-0.25, -0.2) is 9.67 Å². The Labute approximate surface area is 161 Å². The maximum absolute atomic E-state index is 6.07. The van der Waals surface area contributed by atoms with Gasteiger partial charge in [0.25, 0.3) is 0 Å². The van der Waals surface area contributed by atoms with Crippen LogP contribution < -0.4 is 4.74 Å². The van der Waals surface area contributed by atoms with Crippen LogP contribution in [0.2, 0.25) is 0 Å². The van der Waals surface area contributed by atoms with Crippen LogP contribution in [0.4, 0.5) is 0 Å². The Morgan fingerprint density at radius 2 is 2.22 bits per heavy atom. The quantitative estimate of drug-likeness (QED) is 0.690. The highest BCUT2D eigenvalue weighted by Gasteiger charge is 2.36. The zero-order valence-corrected chi connectivity index (χ0v) is 15.9. The standard InChI is InChI=1S/C19H21N5O2S/c1-25-17-5-3-2-4-15(17)19-20-9-14(27-19)10-23-7-6-16-18(11-23)26-12-13-8-21-22-24(13)16/h2-5,8-9,16,18H,6-7,10-12H2,1H3/t16-,18-/m1/s1. The fraction of sp³-hybridized carbons (Fsp3) is 0.421. The second kappa shape index (κ2) is 7.03. The van der Waals surface area contributed by atoms with Crippen LogP contribution >= 0.6 is 11.3 Å². The van der Waals surface area contributed by atoms with Gasteiger partial charge in [-0.1, -0.05) is 17.3 Å². The van der Waals surface area contributed by atoms with E-state index in [0.29, 0.717) is 12.6 Å². The zero-order valence-electron chi connectivity index (χ0n) is 15.1. The summed E-state index contributed by atoms with van der Waals surface area (Å²) in [6.07, 6.45) is 4.99. The molecule has 4 heterocycles. The van der Waals surface area contributed by atoms with Crippen LogP contribution in [-0.4, -0.2) is 51.2 Å². The number of piperidine rings is 1. The van der Waals surface area contributed by atoms with Gasteiger partial charge in [-0.05, 0) is 18.6 Å². The smallest absolute Gasteiger partial charge is 0.129 e. The number of nitrogens with zero attached hydrogens (tertiary/aromatic N) is 5. The lowest BCUT2D eigenvalue weighted by molar-refractivity contribution is -0.0702. The van der Waals surface area contributed by atoms with Crippen molar-refractivity contribution in [2.75, 3.05) is 20.2 Å². The molecule has 8 heteroatoms. The van der Waals surface area contributed by atoms with E-state index in [1.807, 2.05) is 24.4 Å². The molecule has 0 aliphatic carbocycles. The van der Waals surface area contributed by atoms with Gasteiger partial charge in [-0.15, -0.1) is 16.4 Å². The van der Waals surface area contributed by atoms with Crippen molar-refractivity contribution in [1.29, 1.82) is 0 Å². The number of methoxy groups -OCH3 is 1. The third-order valence-electron chi connectivity index (χ3n) is 5.29. The monoisotopic (exact) mass is 383 g/mol. The summed E-state index contributed by atoms with van der Waals surface area (Å²) in [4.78, 5) is 8.33. The summed E-state index contributed by atoms with van der Waals surface area (Å²) in [5, 5.41) is 9.28. The molecular formula is C19H21N5O2S. The Bertz CT molecular complexity index is 940. The van der Waals surface area contributed by atoms with E-state index in [1.165, 1.54) is 4.88 Å². The first kappa shape index (κ1) is 16.9. The first-order valence-corrected chi connectivity index (χ1v) is 9.94. The molecule has 2 atom stereocenters. The molecule has 2 aromatic heterocycles. The number of aromatic nitrogens is 4. The third-order valence-corrected chi connectivity index (χ3v) is 6.30. The van der Waals surface area contributed by atoms with Crippen molar-refractivity contribution in [2.24, 2.45) is 0 Å². The van der Waals surface area contributed by atoms with E-state index >= 15 is 0 Å². The van der Waals surface area contributed by atoms with Crippen LogP contribution in [0.15, 0.2) is 36.7 Å². The first-order chi connectivity index (χ1) is 13.3. The number of likely N-dealkylation sites (tertiary alicyclic amines) is 1. The fourth-order valence-corrected chi connectivity index (χ4v) is 4.93. The van der Waals surface area contributed by atoms with Crippen LogP contribution in [0.3, 0.4) is 0 Å². The van der Waals surface area contributed by atoms with Crippen LogP contribution in [0.1, 0.15) is 23.0 Å². The van der Waals surface area contributed by atoms with E-state index in [0.717, 1.165) is 48.1 Å². The van der Waals surface area contributed by atoms with Crippen molar-refractivity contribution >= 4 is 11.3 Å². The summed E-state index contributed by atoms with van der Waals surface area (Å²) >= 11 is 1.73. The zero-order chi connectivity index (χ0) is 18.2. The van der Waals surface area contributed by atoms with Gasteiger partial charge < -0.3 is 9.47 Å². The highest BCUT2D eigenvalue weighted by Crippen LogP contribution is 2.34. The van der Waals surface area contributed by atoms with Crippen LogP contribution in [0.25, 0.3) is 10.6 Å². The van der Waals surface area contributed by atoms with Gasteiger partial charge in [0.1, 0.15) is 10.8 Å². The lowest BCUT2D eigenvalue weighted by Gasteiger charge is -2.40. The molecule has 1 saturated heterocycles. The minimum Gasteiger partial charge on any atom is -0.496 e. The SMILES string of the molecule is COc1ccccc1-c1ncc(CN2CC[C@@H]3[C@@H](C2)OCc2cnnn23)s1. The molecule has 5 rings (SSSR count). The molecule has 0 spiro atoms. The van der Waals surface area contributed by atoms with E-state index in [1.54, 1.807) is 24.6 Å². The average molecular weight is 383 g/mol. The number of benzene rings is 1. The third kappa shape index (κ3) is 3.13. The molecule has 2 aliphatic heterocycles. The summed E-state index contributed by atoms with van der Waals surface area (Å²) in [7, 11) is 1.70. The van der Waals surface area contributed by atoms with Crippen molar-refractivity contribution in [1.82, 2.24) is 24.9 Å². The van der Waals surface area contributed by atoms with Gasteiger partial charge in [0.15, 0.2) is 0 Å². The summed E-state index contributed by atoms with van der Waals surface area (Å²) in [6.45, 7) is 3.42. The predicted octanol–water partition coefficient (Wildman–Crippen LogP) is 2.76. The Kier molecular flexibility index (Phi) is 4.39. The maximum Gasteiger partial charge on any atom is 0.129 e. The Balaban J connectivity index is 1.28. The number of para-hydroxylation sites is 1. The van der Waals surface area contributed by atoms with E-state index in [2.05, 4.69) is 30.9 Å². The Morgan fingerprint density at radius 3 is 3.15 bits per heavy atom. The van der Waals surface area contributed by atoms with Gasteiger partial charge in [0, 0.05) is 30.7 Å². The highest BCUT2D eigenvalue weighted by molar-refractivity contribution is 7.15. The molecule has 0 N–H and O–H groups in total. The first-order valence-electron chi connectivity index (χ1n) is 9.13. The molecule has 1 aromatic carbocycles. The summed E-state index contributed by atoms with van der Waals surface area (Å²) in [5.41, 5.74) is 2.12. The van der Waals surface area contributed by atoms with E-state index in [-0.39, 0.29) is 6.10 Å². The average Bonchev–Trinajstić information content (AvgIpc) is 3.37. The topological polar surface area (TPSA) is 65.3 Å². The van der Waals surface area contributed by atoms with Crippen molar-refractivity contribution < 1.29 is 9.47 Å². The maximum atomic E-state index is 6.07. The molecule has 0 bridgehead atoms. The fourth-order valence-electron chi connectivity index (χ4n) is 3.94. The summed E-state index contributed by atoms with van der Waals surface area (Å²) < 4.78 is 13.6. The van der Waals surface area contributed by atoms with Crippen LogP contribution in [0, 0.1) is 0 Å². The van der Waals surface area contributed by atoms with E-state index in [4.69, 9.17) is 9.47 Å². The lowest BCUT2D eigenvalue weighted by Crippen LogP contribution is -2.48. The predicted molar refractivity (Wildman–Crippen MR) is 102 cm³/mol. The minimum atomic E-state index is 0.176. The van der Waals surface area contributed by atoms with E-state index in [9.17, 15) is 0 Å². The van der Waals surface area contributed by atoms with Gasteiger partial charge in [0.2, 0.25) is 0 Å². The molecule has 0 radical (unpaired) electrons. The lowest BCUT2D eigenvalue weighted by atomic mass is 10.0. The van der Waals surface area contributed by atoms with Gasteiger partial charge in [0.05, 0.1) is 43.3 Å². The Morgan fingerprint density at radius 1 is 1.30 bits per heavy atom. The van der Waals surface area contributed by atoms with Crippen molar-refractivity contribution in [3.05, 3.63) is 47.2 Å². The second-order valence-corrected chi connectivity index (χ2v) is 8.06. The van der Waals surface area contributed by atoms with Gasteiger partial charge in [-0.2, -0.15) is 0 Å². The molecule has 1 fully saturated rings. The number of hydrogen-bond donors (Lipinski definition) is 0. The molecule has 2 aliphatic rings. The molecule has 7 nitrogen and oxygen atoms in total. The van der Waals surface area contributed by atoms with Crippen molar-refractivity contribution in [3.63, 3.8) is 0 Å². The normalized spacial score (nSPS) is 22.3. The van der Waals surface area contributed by atoms with Gasteiger partial charge >= 0.3 is 0 Å². The Hall–Kier alpha value is -2.29. The largest absolute Gasteiger partial charge is 0.496 e. The summed E-state index contributed by atoms with van der Waals surface area (Å²) in [5.74, 6) is 0.860. The number of fused-ring (bicyclic) bond motifs is 3. The number of thiazole rings is 1. The number of hydrogen-bond acceptors (Lipinski definition) is 7. The second-order valence-electron chi connectivity index (χ2n) is 6.94. The van der Waals surface area contributed by atoms with Crippen molar-refractivity contribution in [3.8, 4) is 16.3 Å². The van der Waals surface area contributed by atoms with Crippen molar-refractivity contribution in [2.45, 2.75) is 31.7 Å². The highest BCUT2D eigenvalue weighted by atomic mass is 32.1. The van der Waals surface area contributed by atoms with Crippen LogP contribution in [0.5, 0.6) is 5.75 Å². The molecule has 3 aromatic rings. The van der Waals surface area contributed by atoms with E-state index < -0.39 is 0 Å². The molecule has 0 amide bonds. The van der Waals surface area contributed by atoms with Crippen LogP contribution in [-0.2, 0) is 17.9 Å². The molecule has 0 unspecified atom stereocenters. The number of rotatable bonds is 4. The number of ether oxygens (including phenoxy) is 2. The molecule has 27 heavy (non-hydrogen) atoms. The molecule has 140 valence electrons. The molecular weight excluding hydrogens is 362 g/mol.